The summed E-state index contributed by atoms with van der Waals surface area (Å²) < 4.78 is 5.38. The maximum Gasteiger partial charge on any atom is 0.278 e. The van der Waals surface area contributed by atoms with Crippen molar-refractivity contribution in [3.8, 4) is 11.6 Å². The highest BCUT2D eigenvalue weighted by molar-refractivity contribution is 5.85. The summed E-state index contributed by atoms with van der Waals surface area (Å²) in [5.74, 6) is 1.09. The fourth-order valence-corrected chi connectivity index (χ4v) is 2.63. The largest absolute Gasteiger partial charge is 0.332 e. The number of hydrogen-bond acceptors (Lipinski definition) is 7. The zero-order valence-electron chi connectivity index (χ0n) is 12.6. The summed E-state index contributed by atoms with van der Waals surface area (Å²) in [4.78, 5) is 15.6. The molecule has 1 unspecified atom stereocenters. The Hall–Kier alpha value is -2.09. The Morgan fingerprint density at radius 2 is 2.04 bits per heavy atom. The lowest BCUT2D eigenvalue weighted by Gasteiger charge is -2.30. The van der Waals surface area contributed by atoms with Crippen LogP contribution in [-0.4, -0.2) is 51.7 Å². The van der Waals surface area contributed by atoms with Crippen molar-refractivity contribution >= 4 is 23.4 Å². The molecule has 3 heterocycles. The van der Waals surface area contributed by atoms with E-state index in [9.17, 15) is 0 Å². The van der Waals surface area contributed by atoms with Gasteiger partial charge in [-0.2, -0.15) is 4.98 Å². The van der Waals surface area contributed by atoms with Crippen LogP contribution in [0.2, 0.25) is 0 Å². The summed E-state index contributed by atoms with van der Waals surface area (Å²) in [6.45, 7) is 2.76. The minimum atomic E-state index is 0. The van der Waals surface area contributed by atoms with E-state index in [1.807, 2.05) is 24.3 Å². The minimum absolute atomic E-state index is 0. The van der Waals surface area contributed by atoms with E-state index in [-0.39, 0.29) is 18.4 Å². The molecule has 2 aromatic heterocycles. The number of nitrogens with zero attached hydrogens (tertiary/aromatic N) is 5. The number of aromatic nitrogens is 4. The van der Waals surface area contributed by atoms with Crippen LogP contribution in [-0.2, 0) is 0 Å². The van der Waals surface area contributed by atoms with Crippen LogP contribution >= 0.6 is 12.4 Å². The molecule has 1 aliphatic heterocycles. The normalized spacial score (nSPS) is 18.7. The van der Waals surface area contributed by atoms with Crippen LogP contribution < -0.4 is 5.32 Å². The Morgan fingerprint density at radius 1 is 1.22 bits per heavy atom. The Morgan fingerprint density at radius 3 is 2.87 bits per heavy atom. The van der Waals surface area contributed by atoms with Crippen LogP contribution in [0.3, 0.4) is 0 Å². The second-order valence-electron chi connectivity index (χ2n) is 5.40. The van der Waals surface area contributed by atoms with Gasteiger partial charge in [0.1, 0.15) is 5.69 Å². The smallest absolute Gasteiger partial charge is 0.278 e. The highest BCUT2D eigenvalue weighted by atomic mass is 35.5. The van der Waals surface area contributed by atoms with E-state index in [0.29, 0.717) is 17.4 Å². The molecule has 1 N–H and O–H groups in total. The van der Waals surface area contributed by atoms with Gasteiger partial charge in [-0.1, -0.05) is 17.3 Å². The van der Waals surface area contributed by atoms with E-state index in [2.05, 4.69) is 37.4 Å². The van der Waals surface area contributed by atoms with Crippen molar-refractivity contribution in [2.75, 3.05) is 26.7 Å². The fourth-order valence-electron chi connectivity index (χ4n) is 2.63. The highest BCUT2D eigenvalue weighted by Gasteiger charge is 2.25. The van der Waals surface area contributed by atoms with E-state index in [0.717, 1.165) is 30.7 Å². The number of benzene rings is 1. The summed E-state index contributed by atoms with van der Waals surface area (Å²) in [7, 11) is 2.07. The van der Waals surface area contributed by atoms with Gasteiger partial charge >= 0.3 is 0 Å². The number of likely N-dealkylation sites (N-methyl/N-ethyl adjacent to an activating group) is 1. The lowest BCUT2D eigenvalue weighted by atomic mass is 10.2. The van der Waals surface area contributed by atoms with Crippen LogP contribution in [0.4, 0.5) is 0 Å². The van der Waals surface area contributed by atoms with Gasteiger partial charge < -0.3 is 9.84 Å². The number of piperazine rings is 1. The second kappa shape index (κ2) is 6.57. The molecule has 0 saturated carbocycles. The molecule has 1 fully saturated rings. The lowest BCUT2D eigenvalue weighted by molar-refractivity contribution is 0.190. The molecular formula is C15H17ClN6O. The summed E-state index contributed by atoms with van der Waals surface area (Å²) >= 11 is 0. The third-order valence-electron chi connectivity index (χ3n) is 3.92. The van der Waals surface area contributed by atoms with Crippen molar-refractivity contribution in [2.24, 2.45) is 0 Å². The zero-order chi connectivity index (χ0) is 14.9. The number of halogens is 1. The van der Waals surface area contributed by atoms with Crippen molar-refractivity contribution in [2.45, 2.75) is 6.04 Å². The Kier molecular flexibility index (Phi) is 4.51. The number of nitrogens with one attached hydrogen (secondary N) is 1. The first kappa shape index (κ1) is 15.8. The third-order valence-corrected chi connectivity index (χ3v) is 3.92. The third kappa shape index (κ3) is 3.03. The van der Waals surface area contributed by atoms with Gasteiger partial charge in [-0.05, 0) is 19.2 Å². The molecule has 1 aliphatic rings. The molecule has 1 saturated heterocycles. The summed E-state index contributed by atoms with van der Waals surface area (Å²) in [6.07, 6.45) is 1.67. The summed E-state index contributed by atoms with van der Waals surface area (Å²) in [5, 5.41) is 7.46. The number of rotatable bonds is 2. The molecular weight excluding hydrogens is 316 g/mol. The van der Waals surface area contributed by atoms with Crippen molar-refractivity contribution in [3.63, 3.8) is 0 Å². The molecule has 120 valence electrons. The molecule has 1 atom stereocenters. The topological polar surface area (TPSA) is 80.0 Å². The van der Waals surface area contributed by atoms with Gasteiger partial charge in [-0.3, -0.25) is 9.88 Å². The molecule has 0 amide bonds. The van der Waals surface area contributed by atoms with Crippen LogP contribution in [0.25, 0.3) is 22.6 Å². The van der Waals surface area contributed by atoms with Gasteiger partial charge in [-0.15, -0.1) is 12.4 Å². The van der Waals surface area contributed by atoms with Crippen molar-refractivity contribution in [1.82, 2.24) is 30.3 Å². The molecule has 7 nitrogen and oxygen atoms in total. The Bertz CT molecular complexity index is 807. The molecule has 0 aliphatic carbocycles. The first-order valence-corrected chi connectivity index (χ1v) is 7.28. The van der Waals surface area contributed by atoms with Crippen molar-refractivity contribution in [1.29, 1.82) is 0 Å². The summed E-state index contributed by atoms with van der Waals surface area (Å²) in [5.41, 5.74) is 2.27. The van der Waals surface area contributed by atoms with Crippen molar-refractivity contribution < 1.29 is 4.52 Å². The predicted molar refractivity (Wildman–Crippen MR) is 88.3 cm³/mol. The van der Waals surface area contributed by atoms with Crippen LogP contribution in [0, 0.1) is 0 Å². The molecule has 1 aromatic carbocycles. The van der Waals surface area contributed by atoms with E-state index in [4.69, 9.17) is 4.52 Å². The van der Waals surface area contributed by atoms with Crippen LogP contribution in [0.5, 0.6) is 0 Å². The first-order chi connectivity index (χ1) is 10.8. The highest BCUT2D eigenvalue weighted by Crippen LogP contribution is 2.22. The van der Waals surface area contributed by atoms with Crippen LogP contribution in [0.1, 0.15) is 11.9 Å². The molecule has 3 aromatic rings. The minimum Gasteiger partial charge on any atom is -0.332 e. The standard InChI is InChI=1S/C15H16N6O.ClH/c1-21-7-6-16-9-13(21)14-19-15(22-20-14)12-8-17-10-4-2-3-5-11(10)18-12;/h2-5,8,13,16H,6-7,9H2,1H3;1H. The molecule has 0 bridgehead atoms. The fraction of sp³-hybridized carbons (Fsp3) is 0.333. The monoisotopic (exact) mass is 332 g/mol. The average molecular weight is 333 g/mol. The van der Waals surface area contributed by atoms with Gasteiger partial charge in [0, 0.05) is 19.6 Å². The van der Waals surface area contributed by atoms with Crippen molar-refractivity contribution in [3.05, 3.63) is 36.3 Å². The molecule has 0 radical (unpaired) electrons. The number of fused-ring (bicyclic) bond motifs is 1. The average Bonchev–Trinajstić information content (AvgIpc) is 3.04. The second-order valence-corrected chi connectivity index (χ2v) is 5.40. The predicted octanol–water partition coefficient (Wildman–Crippen LogP) is 1.68. The quantitative estimate of drug-likeness (QED) is 0.764. The maximum absolute atomic E-state index is 5.38. The molecule has 23 heavy (non-hydrogen) atoms. The Labute approximate surface area is 139 Å². The van der Waals surface area contributed by atoms with Gasteiger partial charge in [0.05, 0.1) is 23.3 Å². The van der Waals surface area contributed by atoms with E-state index >= 15 is 0 Å². The van der Waals surface area contributed by atoms with E-state index in [1.54, 1.807) is 6.20 Å². The van der Waals surface area contributed by atoms with E-state index < -0.39 is 0 Å². The zero-order valence-corrected chi connectivity index (χ0v) is 13.5. The SMILES string of the molecule is CN1CCNCC1c1noc(-c2cnc3ccccc3n2)n1.Cl. The number of para-hydroxylation sites is 2. The van der Waals surface area contributed by atoms with E-state index in [1.165, 1.54) is 0 Å². The lowest BCUT2D eigenvalue weighted by Crippen LogP contribution is -2.44. The number of hydrogen-bond donors (Lipinski definition) is 1. The van der Waals surface area contributed by atoms with Crippen LogP contribution in [0.15, 0.2) is 35.0 Å². The molecule has 8 heteroatoms. The van der Waals surface area contributed by atoms with Gasteiger partial charge in [-0.25, -0.2) is 4.98 Å². The summed E-state index contributed by atoms with van der Waals surface area (Å²) in [6, 6.07) is 7.84. The molecule has 4 rings (SSSR count). The molecule has 0 spiro atoms. The van der Waals surface area contributed by atoms with Gasteiger partial charge in [0.25, 0.3) is 5.89 Å². The van der Waals surface area contributed by atoms with Gasteiger partial charge in [0.2, 0.25) is 0 Å². The van der Waals surface area contributed by atoms with Gasteiger partial charge in [0.15, 0.2) is 5.82 Å². The Balaban J connectivity index is 0.00000156. The maximum atomic E-state index is 5.38. The first-order valence-electron chi connectivity index (χ1n) is 7.28.